The van der Waals surface area contributed by atoms with E-state index in [9.17, 15) is 23.7 Å². The standard InChI is InChI=1S/C24H28O5S/c1-2-18-16-30(28,29)23(15-25)24(18)22(27)12-11-20(19-8-4-3-5-9-19)13-17-7-6-10-21(26)14-17/h3-10,13-14,22-23,25-27H,2,11-12,15-16H2,1H3/b20-13-/t22-,23+/m1/s1. The molecule has 0 fully saturated rings. The van der Waals surface area contributed by atoms with E-state index in [1.54, 1.807) is 18.2 Å². The molecule has 3 rings (SSSR count). The number of benzene rings is 2. The number of hydrogen-bond acceptors (Lipinski definition) is 5. The normalized spacial score (nSPS) is 19.8. The number of phenolic OH excluding ortho intramolecular Hbond substituents is 1. The molecule has 2 aromatic rings. The largest absolute Gasteiger partial charge is 0.508 e. The van der Waals surface area contributed by atoms with Gasteiger partial charge in [-0.3, -0.25) is 0 Å². The van der Waals surface area contributed by atoms with Gasteiger partial charge in [-0.1, -0.05) is 61.0 Å². The monoisotopic (exact) mass is 428 g/mol. The second-order valence-electron chi connectivity index (χ2n) is 7.58. The summed E-state index contributed by atoms with van der Waals surface area (Å²) in [5, 5.41) is 29.3. The van der Waals surface area contributed by atoms with Crippen LogP contribution in [-0.4, -0.2) is 47.5 Å². The number of aliphatic hydroxyl groups excluding tert-OH is 2. The number of aromatic hydroxyl groups is 1. The number of aliphatic hydroxyl groups is 2. The van der Waals surface area contributed by atoms with Crippen LogP contribution in [-0.2, 0) is 9.84 Å². The van der Waals surface area contributed by atoms with E-state index in [4.69, 9.17) is 0 Å². The van der Waals surface area contributed by atoms with Gasteiger partial charge in [0.05, 0.1) is 18.5 Å². The zero-order chi connectivity index (χ0) is 21.7. The molecule has 6 heteroatoms. The van der Waals surface area contributed by atoms with Crippen molar-refractivity contribution < 1.29 is 23.7 Å². The molecule has 5 nitrogen and oxygen atoms in total. The Bertz CT molecular complexity index is 1040. The third-order valence-corrected chi connectivity index (χ3v) is 7.58. The quantitative estimate of drug-likeness (QED) is 0.441. The molecule has 0 aromatic heterocycles. The fraction of sp³-hybridized carbons (Fsp3) is 0.333. The zero-order valence-corrected chi connectivity index (χ0v) is 17.8. The number of sulfone groups is 1. The summed E-state index contributed by atoms with van der Waals surface area (Å²) in [7, 11) is -3.46. The molecule has 0 radical (unpaired) electrons. The smallest absolute Gasteiger partial charge is 0.163 e. The Balaban J connectivity index is 1.87. The van der Waals surface area contributed by atoms with Crippen molar-refractivity contribution in [3.8, 4) is 5.75 Å². The van der Waals surface area contributed by atoms with Crippen LogP contribution in [0, 0.1) is 0 Å². The minimum atomic E-state index is -3.46. The molecule has 0 saturated carbocycles. The fourth-order valence-corrected chi connectivity index (χ4v) is 6.03. The fourth-order valence-electron chi connectivity index (χ4n) is 4.03. The lowest BCUT2D eigenvalue weighted by atomic mass is 9.92. The van der Waals surface area contributed by atoms with Gasteiger partial charge in [0, 0.05) is 0 Å². The molecule has 0 aliphatic carbocycles. The van der Waals surface area contributed by atoms with Gasteiger partial charge in [-0.25, -0.2) is 8.42 Å². The van der Waals surface area contributed by atoms with Gasteiger partial charge in [0.2, 0.25) is 0 Å². The summed E-state index contributed by atoms with van der Waals surface area (Å²) in [4.78, 5) is 0. The number of allylic oxidation sites excluding steroid dienone is 1. The maximum atomic E-state index is 12.4. The Morgan fingerprint density at radius 3 is 2.53 bits per heavy atom. The molecule has 160 valence electrons. The molecule has 1 aliphatic rings. The molecule has 2 aromatic carbocycles. The predicted octanol–water partition coefficient (Wildman–Crippen LogP) is 3.57. The molecule has 1 heterocycles. The molecule has 0 amide bonds. The first-order valence-electron chi connectivity index (χ1n) is 10.1. The lowest BCUT2D eigenvalue weighted by Gasteiger charge is -2.20. The predicted molar refractivity (Wildman–Crippen MR) is 120 cm³/mol. The molecule has 1 aliphatic heterocycles. The van der Waals surface area contributed by atoms with E-state index in [0.717, 1.165) is 16.7 Å². The highest BCUT2D eigenvalue weighted by molar-refractivity contribution is 7.92. The van der Waals surface area contributed by atoms with Crippen LogP contribution in [0.25, 0.3) is 11.6 Å². The van der Waals surface area contributed by atoms with Crippen LogP contribution in [0.2, 0.25) is 0 Å². The van der Waals surface area contributed by atoms with Gasteiger partial charge in [0.25, 0.3) is 0 Å². The summed E-state index contributed by atoms with van der Waals surface area (Å²) in [5.41, 5.74) is 3.98. The van der Waals surface area contributed by atoms with E-state index in [0.29, 0.717) is 30.4 Å². The van der Waals surface area contributed by atoms with E-state index >= 15 is 0 Å². The van der Waals surface area contributed by atoms with Crippen LogP contribution < -0.4 is 0 Å². The van der Waals surface area contributed by atoms with Crippen LogP contribution >= 0.6 is 0 Å². The van der Waals surface area contributed by atoms with Crippen molar-refractivity contribution in [1.29, 1.82) is 0 Å². The second kappa shape index (κ2) is 9.60. The van der Waals surface area contributed by atoms with Crippen molar-refractivity contribution in [2.45, 2.75) is 37.5 Å². The van der Waals surface area contributed by atoms with Crippen LogP contribution in [0.3, 0.4) is 0 Å². The first kappa shape index (κ1) is 22.3. The molecule has 0 unspecified atom stereocenters. The highest BCUT2D eigenvalue weighted by Crippen LogP contribution is 2.34. The molecule has 3 N–H and O–H groups in total. The maximum Gasteiger partial charge on any atom is 0.163 e. The van der Waals surface area contributed by atoms with Crippen molar-refractivity contribution in [2.75, 3.05) is 12.4 Å². The third-order valence-electron chi connectivity index (χ3n) is 5.56. The summed E-state index contributed by atoms with van der Waals surface area (Å²) in [6, 6.07) is 16.7. The van der Waals surface area contributed by atoms with Gasteiger partial charge in [-0.05, 0) is 53.7 Å². The lowest BCUT2D eigenvalue weighted by molar-refractivity contribution is 0.190. The minimum absolute atomic E-state index is 0.0915. The van der Waals surface area contributed by atoms with E-state index in [-0.39, 0.29) is 11.5 Å². The van der Waals surface area contributed by atoms with Crippen LogP contribution in [0.5, 0.6) is 5.75 Å². The molecular formula is C24H28O5S. The van der Waals surface area contributed by atoms with Gasteiger partial charge in [-0.15, -0.1) is 0 Å². The molecule has 30 heavy (non-hydrogen) atoms. The van der Waals surface area contributed by atoms with E-state index in [2.05, 4.69) is 0 Å². The first-order chi connectivity index (χ1) is 14.4. The Labute approximate surface area is 177 Å². The average Bonchev–Trinajstić information content (AvgIpc) is 3.01. The second-order valence-corrected chi connectivity index (χ2v) is 9.76. The van der Waals surface area contributed by atoms with Gasteiger partial charge in [-0.2, -0.15) is 0 Å². The summed E-state index contributed by atoms with van der Waals surface area (Å²) < 4.78 is 24.7. The molecule has 0 spiro atoms. The maximum absolute atomic E-state index is 12.4. The summed E-state index contributed by atoms with van der Waals surface area (Å²) in [6.45, 7) is 1.36. The topological polar surface area (TPSA) is 94.8 Å². The Hall–Kier alpha value is -2.41. The number of rotatable bonds is 8. The minimum Gasteiger partial charge on any atom is -0.508 e. The van der Waals surface area contributed by atoms with Gasteiger partial charge in [0.1, 0.15) is 11.0 Å². The number of phenols is 1. The molecule has 0 saturated heterocycles. The summed E-state index contributed by atoms with van der Waals surface area (Å²) in [5.74, 6) is 0.0853. The molecular weight excluding hydrogens is 400 g/mol. The Morgan fingerprint density at radius 1 is 1.17 bits per heavy atom. The summed E-state index contributed by atoms with van der Waals surface area (Å²) >= 11 is 0. The molecule has 2 atom stereocenters. The number of hydrogen-bond donors (Lipinski definition) is 3. The Kier molecular flexibility index (Phi) is 7.13. The van der Waals surface area contributed by atoms with Gasteiger partial charge < -0.3 is 15.3 Å². The average molecular weight is 429 g/mol. The Morgan fingerprint density at radius 2 is 1.90 bits per heavy atom. The van der Waals surface area contributed by atoms with Crippen molar-refractivity contribution in [3.05, 3.63) is 76.9 Å². The van der Waals surface area contributed by atoms with Crippen LogP contribution in [0.4, 0.5) is 0 Å². The highest BCUT2D eigenvalue weighted by atomic mass is 32.2. The van der Waals surface area contributed by atoms with Crippen molar-refractivity contribution in [1.82, 2.24) is 0 Å². The van der Waals surface area contributed by atoms with Gasteiger partial charge >= 0.3 is 0 Å². The van der Waals surface area contributed by atoms with Gasteiger partial charge in [0.15, 0.2) is 9.84 Å². The van der Waals surface area contributed by atoms with Crippen LogP contribution in [0.1, 0.15) is 37.3 Å². The first-order valence-corrected chi connectivity index (χ1v) is 11.8. The van der Waals surface area contributed by atoms with Crippen molar-refractivity contribution >= 4 is 21.5 Å². The van der Waals surface area contributed by atoms with E-state index in [1.807, 2.05) is 49.4 Å². The van der Waals surface area contributed by atoms with Crippen molar-refractivity contribution in [3.63, 3.8) is 0 Å². The molecule has 0 bridgehead atoms. The van der Waals surface area contributed by atoms with Crippen LogP contribution in [0.15, 0.2) is 65.7 Å². The SMILES string of the molecule is CCC1=C([C@H](O)CC/C(=C/c2cccc(O)c2)c2ccccc2)[C@H](CO)S(=O)(=O)C1. The zero-order valence-electron chi connectivity index (χ0n) is 17.0. The highest BCUT2D eigenvalue weighted by Gasteiger charge is 2.40. The lowest BCUT2D eigenvalue weighted by Crippen LogP contribution is -2.29. The third kappa shape index (κ3) is 5.01. The van der Waals surface area contributed by atoms with E-state index in [1.165, 1.54) is 0 Å². The van der Waals surface area contributed by atoms with E-state index < -0.39 is 27.8 Å². The summed E-state index contributed by atoms with van der Waals surface area (Å²) in [6.07, 6.45) is 2.41. The van der Waals surface area contributed by atoms with Crippen molar-refractivity contribution in [2.24, 2.45) is 0 Å².